The molecule has 8 heteroatoms. The van der Waals surface area contributed by atoms with Crippen molar-refractivity contribution in [2.75, 3.05) is 0 Å². The summed E-state index contributed by atoms with van der Waals surface area (Å²) in [6, 6.07) is 9.77. The monoisotopic (exact) mass is 352 g/mol. The molecule has 3 rings (SSSR count). The van der Waals surface area contributed by atoms with Crippen molar-refractivity contribution in [2.24, 2.45) is 5.73 Å². The molecule has 1 aromatic heterocycles. The predicted molar refractivity (Wildman–Crippen MR) is 83.5 cm³/mol. The van der Waals surface area contributed by atoms with Crippen molar-refractivity contribution in [1.29, 1.82) is 0 Å². The molecule has 0 aliphatic heterocycles. The Morgan fingerprint density at radius 1 is 1.17 bits per heavy atom. The normalized spacial score (nSPS) is 11.8. The molecule has 4 nitrogen and oxygen atoms in total. The van der Waals surface area contributed by atoms with E-state index in [0.29, 0.717) is 27.6 Å². The van der Waals surface area contributed by atoms with Crippen LogP contribution in [0.25, 0.3) is 11.1 Å². The van der Waals surface area contributed by atoms with Crippen LogP contribution in [-0.2, 0) is 11.9 Å². The first-order chi connectivity index (χ1) is 11.3. The number of carbonyl (C=O) groups is 1. The summed E-state index contributed by atoms with van der Waals surface area (Å²) in [6.07, 6.45) is -4.35. The lowest BCUT2D eigenvalue weighted by Crippen LogP contribution is -2.10. The number of halogens is 3. The molecule has 0 bridgehead atoms. The molecule has 0 saturated heterocycles. The fourth-order valence-corrected chi connectivity index (χ4v) is 2.91. The minimum atomic E-state index is -4.35. The standard InChI is InChI=1S/C16H11F3N2O2S/c17-16(18,19)10-6-4-9(5-7-10)8-24-15-21-12-3-1-2-11(14(20)22)13(12)23-15/h1-7H,8H2,(H2,20,22). The van der Waals surface area contributed by atoms with E-state index in [1.165, 1.54) is 23.9 Å². The van der Waals surface area contributed by atoms with E-state index in [-0.39, 0.29) is 5.56 Å². The molecular weight excluding hydrogens is 341 g/mol. The van der Waals surface area contributed by atoms with Gasteiger partial charge >= 0.3 is 6.18 Å². The number of primary amides is 1. The highest BCUT2D eigenvalue weighted by molar-refractivity contribution is 7.98. The molecular formula is C16H11F3N2O2S. The van der Waals surface area contributed by atoms with E-state index < -0.39 is 17.6 Å². The summed E-state index contributed by atoms with van der Waals surface area (Å²) in [5.41, 5.74) is 6.33. The van der Waals surface area contributed by atoms with Crippen LogP contribution in [0, 0.1) is 0 Å². The Kier molecular flexibility index (Phi) is 4.23. The van der Waals surface area contributed by atoms with Crippen molar-refractivity contribution < 1.29 is 22.4 Å². The number of carbonyl (C=O) groups excluding carboxylic acids is 1. The summed E-state index contributed by atoms with van der Waals surface area (Å²) < 4.78 is 43.1. The topological polar surface area (TPSA) is 69.1 Å². The first-order valence-corrected chi connectivity index (χ1v) is 7.81. The van der Waals surface area contributed by atoms with Crippen molar-refractivity contribution in [3.63, 3.8) is 0 Å². The number of oxazole rings is 1. The van der Waals surface area contributed by atoms with Crippen LogP contribution >= 0.6 is 11.8 Å². The molecule has 3 aromatic rings. The minimum Gasteiger partial charge on any atom is -0.430 e. The number of thioether (sulfide) groups is 1. The first kappa shape index (κ1) is 16.4. The van der Waals surface area contributed by atoms with Gasteiger partial charge in [-0.25, -0.2) is 4.98 Å². The molecule has 0 fully saturated rings. The molecule has 1 heterocycles. The van der Waals surface area contributed by atoms with E-state index in [1.54, 1.807) is 18.2 Å². The van der Waals surface area contributed by atoms with Gasteiger partial charge in [-0.05, 0) is 29.8 Å². The van der Waals surface area contributed by atoms with E-state index in [4.69, 9.17) is 10.2 Å². The Bertz CT molecular complexity index is 888. The van der Waals surface area contributed by atoms with Crippen LogP contribution in [0.5, 0.6) is 0 Å². The molecule has 0 atom stereocenters. The first-order valence-electron chi connectivity index (χ1n) is 6.83. The number of hydrogen-bond acceptors (Lipinski definition) is 4. The quantitative estimate of drug-likeness (QED) is 0.713. The summed E-state index contributed by atoms with van der Waals surface area (Å²) in [5.74, 6) is -0.229. The molecule has 0 spiro atoms. The maximum absolute atomic E-state index is 12.5. The van der Waals surface area contributed by atoms with Crippen molar-refractivity contribution in [2.45, 2.75) is 17.2 Å². The zero-order valence-electron chi connectivity index (χ0n) is 12.1. The molecule has 2 aromatic carbocycles. The smallest absolute Gasteiger partial charge is 0.416 e. The number of fused-ring (bicyclic) bond motifs is 1. The van der Waals surface area contributed by atoms with Gasteiger partial charge in [0.25, 0.3) is 11.1 Å². The highest BCUT2D eigenvalue weighted by Crippen LogP contribution is 2.31. The van der Waals surface area contributed by atoms with Gasteiger partial charge in [-0.3, -0.25) is 4.79 Å². The highest BCUT2D eigenvalue weighted by atomic mass is 32.2. The average molecular weight is 352 g/mol. The number of alkyl halides is 3. The largest absolute Gasteiger partial charge is 0.430 e. The lowest BCUT2D eigenvalue weighted by Gasteiger charge is -2.06. The lowest BCUT2D eigenvalue weighted by molar-refractivity contribution is -0.137. The molecule has 124 valence electrons. The zero-order chi connectivity index (χ0) is 17.3. The van der Waals surface area contributed by atoms with Crippen LogP contribution in [0.2, 0.25) is 0 Å². The zero-order valence-corrected chi connectivity index (χ0v) is 12.9. The highest BCUT2D eigenvalue weighted by Gasteiger charge is 2.29. The SMILES string of the molecule is NC(=O)c1cccc2nc(SCc3ccc(C(F)(F)F)cc3)oc12. The van der Waals surface area contributed by atoms with Crippen LogP contribution in [0.1, 0.15) is 21.5 Å². The third-order valence-corrected chi connectivity index (χ3v) is 4.20. The van der Waals surface area contributed by atoms with E-state index in [0.717, 1.165) is 12.1 Å². The van der Waals surface area contributed by atoms with E-state index in [2.05, 4.69) is 4.98 Å². The Balaban J connectivity index is 1.76. The molecule has 2 N–H and O–H groups in total. The maximum Gasteiger partial charge on any atom is 0.416 e. The molecule has 0 aliphatic carbocycles. The van der Waals surface area contributed by atoms with Crippen LogP contribution in [0.3, 0.4) is 0 Å². The summed E-state index contributed by atoms with van der Waals surface area (Å²) in [7, 11) is 0. The van der Waals surface area contributed by atoms with Crippen molar-refractivity contribution in [3.05, 3.63) is 59.2 Å². The van der Waals surface area contributed by atoms with Crippen LogP contribution in [0.4, 0.5) is 13.2 Å². The second-order valence-electron chi connectivity index (χ2n) is 4.98. The van der Waals surface area contributed by atoms with E-state index in [1.807, 2.05) is 0 Å². The van der Waals surface area contributed by atoms with Gasteiger partial charge in [0.2, 0.25) is 0 Å². The van der Waals surface area contributed by atoms with Gasteiger partial charge in [-0.1, -0.05) is 30.0 Å². The number of rotatable bonds is 4. The predicted octanol–water partition coefficient (Wildman–Crippen LogP) is 4.24. The van der Waals surface area contributed by atoms with Crippen molar-refractivity contribution in [1.82, 2.24) is 4.98 Å². The van der Waals surface area contributed by atoms with E-state index >= 15 is 0 Å². The molecule has 0 unspecified atom stereocenters. The van der Waals surface area contributed by atoms with Crippen LogP contribution in [-0.4, -0.2) is 10.9 Å². The van der Waals surface area contributed by atoms with Gasteiger partial charge < -0.3 is 10.2 Å². The Morgan fingerprint density at radius 3 is 2.50 bits per heavy atom. The Labute approximate surface area is 138 Å². The van der Waals surface area contributed by atoms with Crippen LogP contribution in [0.15, 0.2) is 52.1 Å². The van der Waals surface area contributed by atoms with Crippen molar-refractivity contribution in [3.8, 4) is 0 Å². The fourth-order valence-electron chi connectivity index (χ4n) is 2.12. The Hall–Kier alpha value is -2.48. The number of hydrogen-bond donors (Lipinski definition) is 1. The molecule has 0 aliphatic rings. The number of para-hydroxylation sites is 1. The fraction of sp³-hybridized carbons (Fsp3) is 0.125. The lowest BCUT2D eigenvalue weighted by atomic mass is 10.1. The number of amides is 1. The Morgan fingerprint density at radius 2 is 1.88 bits per heavy atom. The second kappa shape index (κ2) is 6.20. The van der Waals surface area contributed by atoms with Crippen LogP contribution < -0.4 is 5.73 Å². The number of benzene rings is 2. The third-order valence-electron chi connectivity index (χ3n) is 3.30. The van der Waals surface area contributed by atoms with Gasteiger partial charge in [0.15, 0.2) is 5.58 Å². The number of nitrogens with zero attached hydrogens (tertiary/aromatic N) is 1. The molecule has 0 saturated carbocycles. The van der Waals surface area contributed by atoms with Gasteiger partial charge in [-0.2, -0.15) is 13.2 Å². The number of nitrogens with two attached hydrogens (primary N) is 1. The van der Waals surface area contributed by atoms with Gasteiger partial charge in [0, 0.05) is 5.75 Å². The summed E-state index contributed by atoms with van der Waals surface area (Å²) in [4.78, 5) is 15.6. The van der Waals surface area contributed by atoms with Gasteiger partial charge in [-0.15, -0.1) is 0 Å². The molecule has 0 radical (unpaired) electrons. The van der Waals surface area contributed by atoms with Crippen molar-refractivity contribution >= 4 is 28.8 Å². The maximum atomic E-state index is 12.5. The third kappa shape index (κ3) is 3.38. The summed E-state index contributed by atoms with van der Waals surface area (Å²) >= 11 is 1.22. The molecule has 1 amide bonds. The average Bonchev–Trinajstić information content (AvgIpc) is 2.95. The van der Waals surface area contributed by atoms with Gasteiger partial charge in [0.1, 0.15) is 5.52 Å². The summed E-state index contributed by atoms with van der Waals surface area (Å²) in [6.45, 7) is 0. The minimum absolute atomic E-state index is 0.237. The second-order valence-corrected chi connectivity index (χ2v) is 5.91. The summed E-state index contributed by atoms with van der Waals surface area (Å²) in [5, 5.41) is 0.318. The van der Waals surface area contributed by atoms with E-state index in [9.17, 15) is 18.0 Å². The number of aromatic nitrogens is 1. The molecule has 24 heavy (non-hydrogen) atoms. The van der Waals surface area contributed by atoms with Gasteiger partial charge in [0.05, 0.1) is 11.1 Å².